The van der Waals surface area contributed by atoms with Crippen molar-refractivity contribution in [2.24, 2.45) is 0 Å². The van der Waals surface area contributed by atoms with Crippen molar-refractivity contribution >= 4 is 10.0 Å². The van der Waals surface area contributed by atoms with Gasteiger partial charge in [-0.25, -0.2) is 13.1 Å². The Morgan fingerprint density at radius 1 is 1.14 bits per heavy atom. The molecule has 160 valence electrons. The second-order valence-electron chi connectivity index (χ2n) is 6.67. The predicted molar refractivity (Wildman–Crippen MR) is 102 cm³/mol. The number of sulfonamides is 1. The molecule has 1 aliphatic heterocycles. The third-order valence-electron chi connectivity index (χ3n) is 5.02. The zero-order valence-corrected chi connectivity index (χ0v) is 17.3. The van der Waals surface area contributed by atoms with E-state index in [9.17, 15) is 17.2 Å². The lowest BCUT2D eigenvalue weighted by atomic mass is 10.1. The molecule has 0 radical (unpaired) electrons. The number of benzene rings is 1. The molecule has 11 heteroatoms. The lowest BCUT2D eigenvalue weighted by Gasteiger charge is -2.34. The van der Waals surface area contributed by atoms with E-state index in [2.05, 4.69) is 10.00 Å². The van der Waals surface area contributed by atoms with Crippen LogP contribution in [0.5, 0.6) is 11.5 Å². The summed E-state index contributed by atoms with van der Waals surface area (Å²) in [5, 5.41) is 3.51. The average Bonchev–Trinajstić information content (AvgIpc) is 3.11. The van der Waals surface area contributed by atoms with E-state index in [4.69, 9.17) is 9.47 Å². The van der Waals surface area contributed by atoms with Gasteiger partial charge < -0.3 is 9.47 Å². The summed E-state index contributed by atoms with van der Waals surface area (Å²) in [6.07, 6.45) is 0.991. The summed E-state index contributed by atoms with van der Waals surface area (Å²) in [5.41, 5.74) is 0.907. The molecule has 0 aliphatic carbocycles. The summed E-state index contributed by atoms with van der Waals surface area (Å²) >= 11 is 0. The van der Waals surface area contributed by atoms with Gasteiger partial charge in [0, 0.05) is 44.4 Å². The van der Waals surface area contributed by atoms with Gasteiger partial charge in [-0.1, -0.05) is 6.07 Å². The number of hydrogen-bond acceptors (Lipinski definition) is 6. The molecular formula is C18H24F2N4O4S. The molecule has 0 atom stereocenters. The summed E-state index contributed by atoms with van der Waals surface area (Å²) in [6, 6.07) is 5.57. The molecule has 0 saturated carbocycles. The fourth-order valence-corrected chi connectivity index (χ4v) is 4.92. The number of hydrogen-bond donors (Lipinski definition) is 0. The number of rotatable bonds is 7. The first kappa shape index (κ1) is 21.5. The number of alkyl halides is 2. The Balaban J connectivity index is 1.68. The summed E-state index contributed by atoms with van der Waals surface area (Å²) in [4.78, 5) is 1.94. The lowest BCUT2D eigenvalue weighted by molar-refractivity contribution is 0.0541. The molecule has 2 heterocycles. The van der Waals surface area contributed by atoms with Crippen LogP contribution in [0.15, 0.2) is 29.3 Å². The molecule has 1 aliphatic rings. The van der Waals surface area contributed by atoms with Crippen LogP contribution in [0.3, 0.4) is 0 Å². The van der Waals surface area contributed by atoms with Crippen LogP contribution in [-0.2, 0) is 16.6 Å². The van der Waals surface area contributed by atoms with Crippen molar-refractivity contribution in [2.75, 3.05) is 40.4 Å². The SMILES string of the molecule is COc1ccc(CN2CCN(S(=O)(=O)c3cnn(C(F)F)c3C)CC2)c(OC)c1. The van der Waals surface area contributed by atoms with Gasteiger partial charge in [-0.2, -0.15) is 18.2 Å². The second-order valence-corrected chi connectivity index (χ2v) is 8.58. The number of halogens is 2. The van der Waals surface area contributed by atoms with Gasteiger partial charge in [0.05, 0.1) is 26.1 Å². The molecule has 0 N–H and O–H groups in total. The standard InChI is InChI=1S/C18H24F2N4O4S/c1-13-17(11-21-24(13)18(19)20)29(25,26)23-8-6-22(7-9-23)12-14-4-5-15(27-2)10-16(14)28-3/h4-5,10-11,18H,6-9,12H2,1-3H3. The quantitative estimate of drug-likeness (QED) is 0.670. The highest BCUT2D eigenvalue weighted by Gasteiger charge is 2.32. The largest absolute Gasteiger partial charge is 0.497 e. The molecule has 3 rings (SSSR count). The minimum atomic E-state index is -3.87. The van der Waals surface area contributed by atoms with Crippen molar-refractivity contribution in [1.82, 2.24) is 19.0 Å². The lowest BCUT2D eigenvalue weighted by Crippen LogP contribution is -2.48. The number of ether oxygens (including phenoxy) is 2. The minimum absolute atomic E-state index is 0.0644. The molecule has 1 aromatic carbocycles. The van der Waals surface area contributed by atoms with E-state index < -0.39 is 16.6 Å². The van der Waals surface area contributed by atoms with Crippen LogP contribution in [0.1, 0.15) is 17.8 Å². The molecule has 8 nitrogen and oxygen atoms in total. The highest BCUT2D eigenvalue weighted by atomic mass is 32.2. The zero-order chi connectivity index (χ0) is 21.2. The van der Waals surface area contributed by atoms with E-state index in [1.807, 2.05) is 12.1 Å². The van der Waals surface area contributed by atoms with Crippen LogP contribution in [0.25, 0.3) is 0 Å². The molecule has 1 aromatic heterocycles. The molecule has 2 aromatic rings. The molecule has 0 spiro atoms. The molecule has 1 saturated heterocycles. The summed E-state index contributed by atoms with van der Waals surface area (Å²) in [5.74, 6) is 1.40. The summed E-state index contributed by atoms with van der Waals surface area (Å²) in [7, 11) is -0.703. The molecular weight excluding hydrogens is 406 g/mol. The van der Waals surface area contributed by atoms with E-state index in [-0.39, 0.29) is 23.7 Å². The Labute approximate surface area is 168 Å². The van der Waals surface area contributed by atoms with Gasteiger partial charge in [0.1, 0.15) is 16.4 Å². The first-order valence-corrected chi connectivity index (χ1v) is 10.5. The van der Waals surface area contributed by atoms with Gasteiger partial charge in [0.2, 0.25) is 10.0 Å². The van der Waals surface area contributed by atoms with Gasteiger partial charge in [-0.15, -0.1) is 0 Å². The minimum Gasteiger partial charge on any atom is -0.497 e. The van der Waals surface area contributed by atoms with Crippen molar-refractivity contribution in [3.05, 3.63) is 35.7 Å². The second kappa shape index (κ2) is 8.64. The Morgan fingerprint density at radius 2 is 1.83 bits per heavy atom. The Bertz CT molecular complexity index is 957. The zero-order valence-electron chi connectivity index (χ0n) is 16.5. The van der Waals surface area contributed by atoms with Crippen molar-refractivity contribution in [3.8, 4) is 11.5 Å². The maximum atomic E-state index is 12.9. The molecule has 0 unspecified atom stereocenters. The third kappa shape index (κ3) is 4.36. The monoisotopic (exact) mass is 430 g/mol. The van der Waals surface area contributed by atoms with Gasteiger partial charge in [-0.05, 0) is 13.0 Å². The Kier molecular flexibility index (Phi) is 6.39. The fourth-order valence-electron chi connectivity index (χ4n) is 3.35. The smallest absolute Gasteiger partial charge is 0.333 e. The van der Waals surface area contributed by atoms with E-state index in [1.54, 1.807) is 20.3 Å². The Morgan fingerprint density at radius 3 is 2.38 bits per heavy atom. The molecule has 29 heavy (non-hydrogen) atoms. The first-order chi connectivity index (χ1) is 13.8. The van der Waals surface area contributed by atoms with E-state index in [1.165, 1.54) is 11.2 Å². The van der Waals surface area contributed by atoms with Crippen molar-refractivity contribution in [1.29, 1.82) is 0 Å². The topological polar surface area (TPSA) is 76.9 Å². The van der Waals surface area contributed by atoms with Crippen LogP contribution >= 0.6 is 0 Å². The van der Waals surface area contributed by atoms with Crippen LogP contribution in [0.4, 0.5) is 8.78 Å². The van der Waals surface area contributed by atoms with E-state index >= 15 is 0 Å². The van der Waals surface area contributed by atoms with Gasteiger partial charge >= 0.3 is 6.55 Å². The summed E-state index contributed by atoms with van der Waals surface area (Å²) < 4.78 is 63.9. The van der Waals surface area contributed by atoms with E-state index in [0.717, 1.165) is 11.8 Å². The van der Waals surface area contributed by atoms with Crippen LogP contribution in [0.2, 0.25) is 0 Å². The first-order valence-electron chi connectivity index (χ1n) is 9.03. The average molecular weight is 430 g/mol. The molecule has 0 amide bonds. The van der Waals surface area contributed by atoms with Crippen molar-refractivity contribution in [2.45, 2.75) is 24.9 Å². The molecule has 0 bridgehead atoms. The molecule has 1 fully saturated rings. The number of aromatic nitrogens is 2. The summed E-state index contributed by atoms with van der Waals surface area (Å²) in [6.45, 7) is 0.602. The van der Waals surface area contributed by atoms with Crippen LogP contribution < -0.4 is 9.47 Å². The number of methoxy groups -OCH3 is 2. The maximum Gasteiger partial charge on any atom is 0.333 e. The van der Waals surface area contributed by atoms with E-state index in [0.29, 0.717) is 35.8 Å². The highest BCUT2D eigenvalue weighted by molar-refractivity contribution is 7.89. The highest BCUT2D eigenvalue weighted by Crippen LogP contribution is 2.27. The fraction of sp³-hybridized carbons (Fsp3) is 0.500. The van der Waals surface area contributed by atoms with Gasteiger partial charge in [0.25, 0.3) is 0 Å². The van der Waals surface area contributed by atoms with Crippen LogP contribution in [0, 0.1) is 6.92 Å². The predicted octanol–water partition coefficient (Wildman–Crippen LogP) is 2.11. The van der Waals surface area contributed by atoms with Crippen molar-refractivity contribution < 1.29 is 26.7 Å². The normalized spacial score (nSPS) is 16.3. The van der Waals surface area contributed by atoms with Crippen LogP contribution in [-0.4, -0.2) is 67.8 Å². The maximum absolute atomic E-state index is 12.9. The number of piperazine rings is 1. The van der Waals surface area contributed by atoms with Gasteiger partial charge in [-0.3, -0.25) is 4.90 Å². The van der Waals surface area contributed by atoms with Gasteiger partial charge in [0.15, 0.2) is 0 Å². The Hall–Kier alpha value is -2.24. The van der Waals surface area contributed by atoms with Crippen molar-refractivity contribution in [3.63, 3.8) is 0 Å². The third-order valence-corrected chi connectivity index (χ3v) is 7.02. The number of nitrogens with zero attached hydrogens (tertiary/aromatic N) is 4.